The van der Waals surface area contributed by atoms with Crippen LogP contribution in [-0.4, -0.2) is 36.7 Å². The quantitative estimate of drug-likeness (QED) is 0.733. The van der Waals surface area contributed by atoms with Gasteiger partial charge in [0.15, 0.2) is 0 Å². The van der Waals surface area contributed by atoms with Crippen molar-refractivity contribution in [1.82, 2.24) is 5.48 Å². The predicted octanol–water partition coefficient (Wildman–Crippen LogP) is 1.24. The van der Waals surface area contributed by atoms with Crippen molar-refractivity contribution in [3.05, 3.63) is 35.9 Å². The van der Waals surface area contributed by atoms with Crippen LogP contribution in [0.4, 0.5) is 9.18 Å². The van der Waals surface area contributed by atoms with Gasteiger partial charge in [-0.1, -0.05) is 30.3 Å². The van der Waals surface area contributed by atoms with Gasteiger partial charge >= 0.3 is 17.9 Å². The summed E-state index contributed by atoms with van der Waals surface area (Å²) in [7, 11) is 1.09. The van der Waals surface area contributed by atoms with Crippen LogP contribution in [0.2, 0.25) is 0 Å². The largest absolute Gasteiger partial charge is 0.477 e. The van der Waals surface area contributed by atoms with Crippen LogP contribution < -0.4 is 5.48 Å². The van der Waals surface area contributed by atoms with Crippen LogP contribution in [0.15, 0.2) is 30.3 Å². The molecule has 0 bridgehead atoms. The van der Waals surface area contributed by atoms with Gasteiger partial charge in [-0.05, 0) is 5.56 Å². The van der Waals surface area contributed by atoms with Crippen LogP contribution in [-0.2, 0) is 25.7 Å². The Morgan fingerprint density at radius 3 is 2.55 bits per heavy atom. The molecule has 8 heteroatoms. The molecule has 0 saturated heterocycles. The summed E-state index contributed by atoms with van der Waals surface area (Å²) in [6, 6.07) is 8.73. The maximum Gasteiger partial charge on any atom is 0.431 e. The molecule has 0 spiro atoms. The molecule has 0 unspecified atom stereocenters. The van der Waals surface area contributed by atoms with Crippen molar-refractivity contribution in [3.63, 3.8) is 0 Å². The van der Waals surface area contributed by atoms with Gasteiger partial charge in [-0.25, -0.2) is 14.4 Å². The van der Waals surface area contributed by atoms with E-state index in [1.807, 2.05) is 0 Å². The summed E-state index contributed by atoms with van der Waals surface area (Å²) in [4.78, 5) is 26.0. The fourth-order valence-corrected chi connectivity index (χ4v) is 1.20. The molecular weight excluding hydrogens is 273 g/mol. The topological polar surface area (TPSA) is 94.1 Å². The number of halogens is 1. The van der Waals surface area contributed by atoms with Gasteiger partial charge in [-0.3, -0.25) is 0 Å². The third-order valence-corrected chi connectivity index (χ3v) is 2.16. The minimum atomic E-state index is -3.18. The van der Waals surface area contributed by atoms with Crippen molar-refractivity contribution in [2.24, 2.45) is 0 Å². The minimum absolute atomic E-state index is 0.0628. The van der Waals surface area contributed by atoms with Crippen molar-refractivity contribution in [1.29, 1.82) is 0 Å². The number of nitrogens with one attached hydrogen (secondary N) is 1. The Bertz CT molecular complexity index is 455. The number of carboxylic acids is 1. The number of hydroxylamine groups is 1. The van der Waals surface area contributed by atoms with Crippen molar-refractivity contribution in [2.45, 2.75) is 12.5 Å². The Kier molecular flexibility index (Phi) is 5.88. The highest BCUT2D eigenvalue weighted by atomic mass is 19.2. The zero-order chi connectivity index (χ0) is 15.0. The number of carboxylic acid groups (broad SMARTS) is 1. The average molecular weight is 287 g/mol. The van der Waals surface area contributed by atoms with E-state index in [0.717, 1.165) is 7.11 Å². The molecule has 0 radical (unpaired) electrons. The number of methoxy groups -OCH3 is 1. The first kappa shape index (κ1) is 15.9. The summed E-state index contributed by atoms with van der Waals surface area (Å²) in [5.41, 5.74) is 2.27. The zero-order valence-electron chi connectivity index (χ0n) is 10.7. The Hall–Kier alpha value is -2.19. The molecule has 0 saturated carbocycles. The van der Waals surface area contributed by atoms with E-state index in [1.165, 1.54) is 0 Å². The van der Waals surface area contributed by atoms with E-state index < -0.39 is 24.5 Å². The van der Waals surface area contributed by atoms with E-state index in [1.54, 1.807) is 35.8 Å². The number of alkyl halides is 1. The zero-order valence-corrected chi connectivity index (χ0v) is 10.7. The van der Waals surface area contributed by atoms with Gasteiger partial charge in [-0.2, -0.15) is 9.87 Å². The third kappa shape index (κ3) is 4.82. The lowest BCUT2D eigenvalue weighted by atomic mass is 10.2. The fourth-order valence-electron chi connectivity index (χ4n) is 1.20. The molecule has 0 heterocycles. The predicted molar refractivity (Wildman–Crippen MR) is 64.2 cm³/mol. The smallest absolute Gasteiger partial charge is 0.431 e. The first-order valence-corrected chi connectivity index (χ1v) is 5.54. The Labute approximate surface area is 114 Å². The number of carbonyl (C=O) groups excluding carboxylic acids is 1. The van der Waals surface area contributed by atoms with E-state index in [2.05, 4.69) is 9.57 Å². The number of rotatable bonds is 7. The summed E-state index contributed by atoms with van der Waals surface area (Å²) in [5, 5.41) is 8.61. The Morgan fingerprint density at radius 1 is 1.35 bits per heavy atom. The molecule has 20 heavy (non-hydrogen) atoms. The monoisotopic (exact) mass is 287 g/mol. The average Bonchev–Trinajstić information content (AvgIpc) is 2.44. The second-order valence-corrected chi connectivity index (χ2v) is 3.73. The van der Waals surface area contributed by atoms with Crippen LogP contribution in [0.5, 0.6) is 0 Å². The van der Waals surface area contributed by atoms with Crippen LogP contribution in [0.25, 0.3) is 0 Å². The van der Waals surface area contributed by atoms with Crippen molar-refractivity contribution < 1.29 is 33.4 Å². The van der Waals surface area contributed by atoms with E-state index in [9.17, 15) is 14.0 Å². The van der Waals surface area contributed by atoms with Crippen LogP contribution >= 0.6 is 0 Å². The van der Waals surface area contributed by atoms with Gasteiger partial charge < -0.3 is 14.6 Å². The van der Waals surface area contributed by atoms with Gasteiger partial charge in [-0.15, -0.1) is 0 Å². The molecule has 0 aliphatic carbocycles. The maximum atomic E-state index is 13.6. The number of carbonyl (C=O) groups is 2. The number of amides is 1. The number of hydrogen-bond donors (Lipinski definition) is 2. The summed E-state index contributed by atoms with van der Waals surface area (Å²) >= 11 is 0. The number of benzene rings is 1. The molecule has 2 N–H and O–H groups in total. The number of aliphatic carboxylic acids is 1. The lowest BCUT2D eigenvalue weighted by molar-refractivity contribution is -0.223. The summed E-state index contributed by atoms with van der Waals surface area (Å²) in [6.07, 6.45) is -1.12. The highest BCUT2D eigenvalue weighted by molar-refractivity contribution is 5.76. The molecule has 7 nitrogen and oxygen atoms in total. The number of hydrogen-bond acceptors (Lipinski definition) is 5. The fraction of sp³-hybridized carbons (Fsp3) is 0.333. The molecule has 1 atom stereocenters. The molecule has 1 amide bonds. The first-order chi connectivity index (χ1) is 9.48. The van der Waals surface area contributed by atoms with Gasteiger partial charge in [0.25, 0.3) is 0 Å². The maximum absolute atomic E-state index is 13.6. The Morgan fingerprint density at radius 2 is 2.00 bits per heavy atom. The SMILES string of the molecule is COC[C@](F)(ONC(=O)OCc1ccccc1)C(=O)O. The summed E-state index contributed by atoms with van der Waals surface area (Å²) in [6.45, 7) is -0.950. The standard InChI is InChI=1S/C12H14FNO6/c1-18-8-12(13,10(15)16)20-14-11(17)19-7-9-5-3-2-4-6-9/h2-6H,7-8H2,1H3,(H,14,17)(H,15,16)/t12-/m0/s1. The Balaban J connectivity index is 2.40. The highest BCUT2D eigenvalue weighted by Crippen LogP contribution is 2.12. The van der Waals surface area contributed by atoms with Gasteiger partial charge in [0, 0.05) is 7.11 Å². The highest BCUT2D eigenvalue weighted by Gasteiger charge is 2.42. The van der Waals surface area contributed by atoms with Gasteiger partial charge in [0.2, 0.25) is 0 Å². The molecule has 0 aliphatic rings. The van der Waals surface area contributed by atoms with Crippen molar-refractivity contribution in [2.75, 3.05) is 13.7 Å². The second-order valence-electron chi connectivity index (χ2n) is 3.73. The van der Waals surface area contributed by atoms with E-state index in [4.69, 9.17) is 9.84 Å². The molecular formula is C12H14FNO6. The molecule has 1 aromatic rings. The summed E-state index contributed by atoms with van der Waals surface area (Å²) < 4.78 is 22.7. The lowest BCUT2D eigenvalue weighted by Crippen LogP contribution is -2.46. The summed E-state index contributed by atoms with van der Waals surface area (Å²) in [5.74, 6) is -5.11. The van der Waals surface area contributed by atoms with E-state index >= 15 is 0 Å². The van der Waals surface area contributed by atoms with E-state index in [-0.39, 0.29) is 6.61 Å². The molecule has 110 valence electrons. The minimum Gasteiger partial charge on any atom is -0.477 e. The van der Waals surface area contributed by atoms with Crippen LogP contribution in [0, 0.1) is 0 Å². The molecule has 0 aromatic heterocycles. The molecule has 0 fully saturated rings. The van der Waals surface area contributed by atoms with Crippen LogP contribution in [0.3, 0.4) is 0 Å². The molecule has 0 aliphatic heterocycles. The number of ether oxygens (including phenoxy) is 2. The molecule has 1 rings (SSSR count). The molecule has 1 aromatic carbocycles. The normalized spacial score (nSPS) is 13.3. The van der Waals surface area contributed by atoms with Gasteiger partial charge in [0.1, 0.15) is 13.2 Å². The van der Waals surface area contributed by atoms with Gasteiger partial charge in [0.05, 0.1) is 0 Å². The lowest BCUT2D eigenvalue weighted by Gasteiger charge is -2.19. The van der Waals surface area contributed by atoms with Crippen molar-refractivity contribution in [3.8, 4) is 0 Å². The van der Waals surface area contributed by atoms with Crippen LogP contribution in [0.1, 0.15) is 5.56 Å². The third-order valence-electron chi connectivity index (χ3n) is 2.16. The second kappa shape index (κ2) is 7.41. The van der Waals surface area contributed by atoms with Crippen molar-refractivity contribution >= 4 is 12.1 Å². The van der Waals surface area contributed by atoms with E-state index in [0.29, 0.717) is 5.56 Å². The first-order valence-electron chi connectivity index (χ1n) is 5.54.